The van der Waals surface area contributed by atoms with Crippen LogP contribution in [0.5, 0.6) is 0 Å². The second-order valence-electron chi connectivity index (χ2n) is 5.46. The number of hydrogen-bond donors (Lipinski definition) is 1. The van der Waals surface area contributed by atoms with Gasteiger partial charge in [-0.3, -0.25) is 4.79 Å². The van der Waals surface area contributed by atoms with Gasteiger partial charge in [0, 0.05) is 24.2 Å². The number of nitrogens with zero attached hydrogens (tertiary/aromatic N) is 1. The van der Waals surface area contributed by atoms with Crippen LogP contribution in [-0.4, -0.2) is 24.2 Å². The van der Waals surface area contributed by atoms with Gasteiger partial charge >= 0.3 is 5.97 Å². The minimum absolute atomic E-state index is 0.163. The molecule has 1 aliphatic rings. The van der Waals surface area contributed by atoms with E-state index in [-0.39, 0.29) is 11.8 Å². The predicted molar refractivity (Wildman–Crippen MR) is 73.1 cm³/mol. The van der Waals surface area contributed by atoms with Crippen LogP contribution in [0.25, 0.3) is 0 Å². The Morgan fingerprint density at radius 1 is 1.50 bits per heavy atom. The SMILES string of the molecule is C=C(C)CN1C[C@](C)(CC(=O)O)c2ccccc21. The third-order valence-corrected chi connectivity index (χ3v) is 3.44. The molecule has 1 aromatic rings. The molecule has 0 saturated heterocycles. The molecule has 1 aromatic carbocycles. The maximum Gasteiger partial charge on any atom is 0.304 e. The minimum atomic E-state index is -0.746. The normalized spacial score (nSPS) is 21.8. The van der Waals surface area contributed by atoms with Crippen molar-refractivity contribution in [2.45, 2.75) is 25.7 Å². The number of para-hydroxylation sites is 1. The van der Waals surface area contributed by atoms with Crippen molar-refractivity contribution in [2.75, 3.05) is 18.0 Å². The van der Waals surface area contributed by atoms with Crippen LogP contribution in [0, 0.1) is 0 Å². The van der Waals surface area contributed by atoms with Gasteiger partial charge in [-0.15, -0.1) is 0 Å². The van der Waals surface area contributed by atoms with Crippen LogP contribution in [-0.2, 0) is 10.2 Å². The molecular weight excluding hydrogens is 226 g/mol. The van der Waals surface area contributed by atoms with Gasteiger partial charge in [0.2, 0.25) is 0 Å². The molecule has 96 valence electrons. The van der Waals surface area contributed by atoms with E-state index in [1.54, 1.807) is 0 Å². The molecule has 1 heterocycles. The van der Waals surface area contributed by atoms with Gasteiger partial charge in [0.05, 0.1) is 6.42 Å². The van der Waals surface area contributed by atoms with E-state index in [4.69, 9.17) is 5.11 Å². The fraction of sp³-hybridized carbons (Fsp3) is 0.400. The standard InChI is InChI=1S/C15H19NO2/c1-11(2)9-16-10-15(3,8-14(17)18)12-6-4-5-7-13(12)16/h4-7H,1,8-10H2,2-3H3,(H,17,18)/t15-/m0/s1. The summed E-state index contributed by atoms with van der Waals surface area (Å²) in [6.07, 6.45) is 0.163. The molecule has 1 N–H and O–H groups in total. The van der Waals surface area contributed by atoms with Gasteiger partial charge in [-0.25, -0.2) is 0 Å². The number of rotatable bonds is 4. The van der Waals surface area contributed by atoms with Crippen LogP contribution in [0.4, 0.5) is 5.69 Å². The minimum Gasteiger partial charge on any atom is -0.481 e. The van der Waals surface area contributed by atoms with Crippen LogP contribution < -0.4 is 4.90 Å². The molecule has 1 aliphatic heterocycles. The van der Waals surface area contributed by atoms with Gasteiger partial charge < -0.3 is 10.0 Å². The molecule has 2 rings (SSSR count). The highest BCUT2D eigenvalue weighted by Gasteiger charge is 2.40. The quantitative estimate of drug-likeness (QED) is 0.829. The Morgan fingerprint density at radius 2 is 2.17 bits per heavy atom. The molecule has 0 aromatic heterocycles. The Balaban J connectivity index is 2.38. The molecule has 0 aliphatic carbocycles. The maximum absolute atomic E-state index is 11.1. The average molecular weight is 245 g/mol. The molecule has 0 amide bonds. The lowest BCUT2D eigenvalue weighted by Gasteiger charge is -2.24. The Bertz CT molecular complexity index is 495. The van der Waals surface area contributed by atoms with Crippen LogP contribution in [0.1, 0.15) is 25.8 Å². The molecule has 0 unspecified atom stereocenters. The number of carboxylic acid groups (broad SMARTS) is 1. The number of benzene rings is 1. The number of fused-ring (bicyclic) bond motifs is 1. The van der Waals surface area contributed by atoms with Crippen LogP contribution in [0.15, 0.2) is 36.4 Å². The summed E-state index contributed by atoms with van der Waals surface area (Å²) in [5.41, 5.74) is 3.06. The lowest BCUT2D eigenvalue weighted by atomic mass is 9.81. The zero-order valence-electron chi connectivity index (χ0n) is 10.9. The van der Waals surface area contributed by atoms with E-state index in [0.717, 1.165) is 29.9 Å². The number of carboxylic acids is 1. The van der Waals surface area contributed by atoms with Crippen molar-refractivity contribution in [1.82, 2.24) is 0 Å². The van der Waals surface area contributed by atoms with E-state index < -0.39 is 5.97 Å². The first-order valence-electron chi connectivity index (χ1n) is 6.13. The van der Waals surface area contributed by atoms with Gasteiger partial charge in [-0.2, -0.15) is 0 Å². The summed E-state index contributed by atoms with van der Waals surface area (Å²) in [5.74, 6) is -0.746. The second kappa shape index (κ2) is 4.48. The largest absolute Gasteiger partial charge is 0.481 e. The molecule has 3 heteroatoms. The van der Waals surface area contributed by atoms with Crippen molar-refractivity contribution in [2.24, 2.45) is 0 Å². The molecule has 18 heavy (non-hydrogen) atoms. The van der Waals surface area contributed by atoms with Crippen molar-refractivity contribution in [3.63, 3.8) is 0 Å². The Hall–Kier alpha value is -1.77. The summed E-state index contributed by atoms with van der Waals surface area (Å²) in [7, 11) is 0. The van der Waals surface area contributed by atoms with Crippen molar-refractivity contribution >= 4 is 11.7 Å². The number of anilines is 1. The van der Waals surface area contributed by atoms with E-state index in [9.17, 15) is 4.79 Å². The second-order valence-corrected chi connectivity index (χ2v) is 5.46. The molecule has 0 saturated carbocycles. The van der Waals surface area contributed by atoms with Crippen molar-refractivity contribution in [1.29, 1.82) is 0 Å². The highest BCUT2D eigenvalue weighted by Crippen LogP contribution is 2.42. The number of aliphatic carboxylic acids is 1. The summed E-state index contributed by atoms with van der Waals surface area (Å²) in [6, 6.07) is 8.07. The van der Waals surface area contributed by atoms with E-state index in [1.165, 1.54) is 0 Å². The molecular formula is C15H19NO2. The van der Waals surface area contributed by atoms with Crippen LogP contribution in [0.2, 0.25) is 0 Å². The van der Waals surface area contributed by atoms with E-state index in [2.05, 4.69) is 17.5 Å². The summed E-state index contributed by atoms with van der Waals surface area (Å²) in [4.78, 5) is 13.3. The first kappa shape index (κ1) is 12.7. The van der Waals surface area contributed by atoms with E-state index in [0.29, 0.717) is 0 Å². The molecule has 1 atom stereocenters. The lowest BCUT2D eigenvalue weighted by Crippen LogP contribution is -2.33. The van der Waals surface area contributed by atoms with Gasteiger partial charge in [-0.05, 0) is 18.6 Å². The summed E-state index contributed by atoms with van der Waals surface area (Å²) < 4.78 is 0. The molecule has 0 radical (unpaired) electrons. The smallest absolute Gasteiger partial charge is 0.304 e. The summed E-state index contributed by atoms with van der Waals surface area (Å²) in [6.45, 7) is 9.49. The molecule has 3 nitrogen and oxygen atoms in total. The monoisotopic (exact) mass is 245 g/mol. The highest BCUT2D eigenvalue weighted by molar-refractivity contribution is 5.73. The third-order valence-electron chi connectivity index (χ3n) is 3.44. The van der Waals surface area contributed by atoms with Gasteiger partial charge in [-0.1, -0.05) is 37.3 Å². The highest BCUT2D eigenvalue weighted by atomic mass is 16.4. The Labute approximate surface area is 108 Å². The predicted octanol–water partition coefficient (Wildman–Crippen LogP) is 2.82. The molecule has 0 fully saturated rings. The lowest BCUT2D eigenvalue weighted by molar-refractivity contribution is -0.138. The number of hydrogen-bond acceptors (Lipinski definition) is 2. The van der Waals surface area contributed by atoms with Crippen molar-refractivity contribution < 1.29 is 9.90 Å². The summed E-state index contributed by atoms with van der Waals surface area (Å²) in [5, 5.41) is 9.10. The Kier molecular flexibility index (Phi) is 3.16. The zero-order chi connectivity index (χ0) is 13.3. The first-order chi connectivity index (χ1) is 8.42. The van der Waals surface area contributed by atoms with Gasteiger partial charge in [0.1, 0.15) is 0 Å². The Morgan fingerprint density at radius 3 is 2.78 bits per heavy atom. The van der Waals surface area contributed by atoms with Crippen LogP contribution >= 0.6 is 0 Å². The molecule has 0 bridgehead atoms. The maximum atomic E-state index is 11.1. The first-order valence-corrected chi connectivity index (χ1v) is 6.13. The van der Waals surface area contributed by atoms with E-state index in [1.807, 2.05) is 32.0 Å². The van der Waals surface area contributed by atoms with Crippen LogP contribution in [0.3, 0.4) is 0 Å². The van der Waals surface area contributed by atoms with E-state index >= 15 is 0 Å². The fourth-order valence-corrected chi connectivity index (χ4v) is 2.80. The van der Waals surface area contributed by atoms with Gasteiger partial charge in [0.15, 0.2) is 0 Å². The average Bonchev–Trinajstić information content (AvgIpc) is 2.51. The third kappa shape index (κ3) is 2.26. The topological polar surface area (TPSA) is 40.5 Å². The zero-order valence-corrected chi connectivity index (χ0v) is 10.9. The number of carbonyl (C=O) groups is 1. The van der Waals surface area contributed by atoms with Gasteiger partial charge in [0.25, 0.3) is 0 Å². The van der Waals surface area contributed by atoms with Crippen molar-refractivity contribution in [3.8, 4) is 0 Å². The molecule has 0 spiro atoms. The van der Waals surface area contributed by atoms with Crippen molar-refractivity contribution in [3.05, 3.63) is 42.0 Å². The summed E-state index contributed by atoms with van der Waals surface area (Å²) >= 11 is 0. The fourth-order valence-electron chi connectivity index (χ4n) is 2.80.